The number of aromatic nitrogens is 2. The molecule has 0 radical (unpaired) electrons. The lowest BCUT2D eigenvalue weighted by Crippen LogP contribution is -2.56. The molecule has 1 aromatic rings. The van der Waals surface area contributed by atoms with Gasteiger partial charge < -0.3 is 30.9 Å². The van der Waals surface area contributed by atoms with Crippen LogP contribution in [0.4, 0.5) is 0 Å². The molecule has 4 rings (SSSR count). The molecule has 3 heterocycles. The van der Waals surface area contributed by atoms with E-state index in [1.807, 2.05) is 0 Å². The van der Waals surface area contributed by atoms with Crippen LogP contribution in [0.2, 0.25) is 0 Å². The van der Waals surface area contributed by atoms with Crippen LogP contribution < -0.4 is 21.1 Å². The molecule has 1 aromatic heterocycles. The highest BCUT2D eigenvalue weighted by atomic mass is 32.2. The van der Waals surface area contributed by atoms with E-state index in [9.17, 15) is 22.8 Å². The summed E-state index contributed by atoms with van der Waals surface area (Å²) in [6.07, 6.45) is 6.98. The zero-order valence-electron chi connectivity index (χ0n) is 23.5. The average molecular weight is 609 g/mol. The lowest BCUT2D eigenvalue weighted by Gasteiger charge is -2.33. The van der Waals surface area contributed by atoms with E-state index in [0.717, 1.165) is 25.7 Å². The third-order valence-corrected chi connectivity index (χ3v) is 9.07. The van der Waals surface area contributed by atoms with Gasteiger partial charge in [0.2, 0.25) is 11.8 Å². The van der Waals surface area contributed by atoms with E-state index in [-0.39, 0.29) is 69.4 Å². The first kappa shape index (κ1) is 31.5. The van der Waals surface area contributed by atoms with Gasteiger partial charge in [-0.25, -0.2) is 4.98 Å². The fraction of sp³-hybridized carbons (Fsp3) is 0.680. The van der Waals surface area contributed by atoms with Gasteiger partial charge in [-0.1, -0.05) is 0 Å². The van der Waals surface area contributed by atoms with Gasteiger partial charge in [0, 0.05) is 64.2 Å². The van der Waals surface area contributed by atoms with Crippen LogP contribution in [0.3, 0.4) is 0 Å². The molecule has 2 aliphatic heterocycles. The molecule has 0 unspecified atom stereocenters. The minimum atomic E-state index is -4.09. The number of nitrogens with two attached hydrogens (primary N) is 1. The molecular formula is C25H40N10O6S. The molecule has 0 aromatic carbocycles. The second-order valence-corrected chi connectivity index (χ2v) is 12.3. The predicted octanol–water partition coefficient (Wildman–Crippen LogP) is -2.16. The Balaban J connectivity index is 1.40. The van der Waals surface area contributed by atoms with Crippen molar-refractivity contribution in [3.8, 4) is 0 Å². The second kappa shape index (κ2) is 14.7. The van der Waals surface area contributed by atoms with Crippen molar-refractivity contribution in [2.24, 2.45) is 11.7 Å². The number of guanidine groups is 1. The first-order chi connectivity index (χ1) is 20.1. The minimum absolute atomic E-state index is 0.0118. The summed E-state index contributed by atoms with van der Waals surface area (Å²) < 4.78 is 35.3. The summed E-state index contributed by atoms with van der Waals surface area (Å²) in [7, 11) is -4.09. The summed E-state index contributed by atoms with van der Waals surface area (Å²) in [6, 6.07) is -1.45. The summed E-state index contributed by atoms with van der Waals surface area (Å²) in [4.78, 5) is 50.3. The molecule has 2 atom stereocenters. The van der Waals surface area contributed by atoms with Crippen molar-refractivity contribution in [3.05, 3.63) is 24.3 Å². The van der Waals surface area contributed by atoms with E-state index in [4.69, 9.17) is 15.9 Å². The Morgan fingerprint density at radius 2 is 1.90 bits per heavy atom. The molecule has 17 heteroatoms. The molecule has 0 spiro atoms. The van der Waals surface area contributed by atoms with E-state index in [1.54, 1.807) is 4.90 Å². The number of carbonyl (C=O) groups excluding carboxylic acids is 3. The Morgan fingerprint density at radius 1 is 1.14 bits per heavy atom. The quantitative estimate of drug-likeness (QED) is 0.121. The average Bonchev–Trinajstić information content (AvgIpc) is 3.84. The van der Waals surface area contributed by atoms with E-state index in [2.05, 4.69) is 25.3 Å². The Bertz CT molecular complexity index is 1210. The van der Waals surface area contributed by atoms with E-state index in [0.29, 0.717) is 19.6 Å². The zero-order valence-corrected chi connectivity index (χ0v) is 24.4. The lowest BCUT2D eigenvalue weighted by atomic mass is 9.98. The van der Waals surface area contributed by atoms with Gasteiger partial charge >= 0.3 is 0 Å². The van der Waals surface area contributed by atoms with Crippen LogP contribution in [0, 0.1) is 11.3 Å². The van der Waals surface area contributed by atoms with Gasteiger partial charge in [0.25, 0.3) is 16.1 Å². The summed E-state index contributed by atoms with van der Waals surface area (Å²) in [6.45, 7) is 2.54. The Labute approximate surface area is 245 Å². The van der Waals surface area contributed by atoms with E-state index in [1.165, 1.54) is 27.8 Å². The number of ether oxygens (including phenoxy) is 1. The van der Waals surface area contributed by atoms with Crippen LogP contribution in [0.25, 0.3) is 0 Å². The number of rotatable bonds is 13. The monoisotopic (exact) mass is 608 g/mol. The first-order valence-electron chi connectivity index (χ1n) is 14.2. The Morgan fingerprint density at radius 3 is 2.57 bits per heavy atom. The molecule has 3 fully saturated rings. The van der Waals surface area contributed by atoms with Gasteiger partial charge in [-0.15, -0.1) is 0 Å². The number of carbonyl (C=O) groups is 3. The van der Waals surface area contributed by atoms with Gasteiger partial charge in [-0.2, -0.15) is 17.4 Å². The van der Waals surface area contributed by atoms with Crippen LogP contribution in [-0.2, 0) is 24.5 Å². The van der Waals surface area contributed by atoms with Gasteiger partial charge in [0.1, 0.15) is 11.7 Å². The Hall–Kier alpha value is -3.41. The maximum absolute atomic E-state index is 13.8. The number of hydrogen-bond donors (Lipinski definition) is 5. The van der Waals surface area contributed by atoms with Crippen LogP contribution >= 0.6 is 0 Å². The van der Waals surface area contributed by atoms with Crippen LogP contribution in [0.5, 0.6) is 0 Å². The summed E-state index contributed by atoms with van der Waals surface area (Å²) in [5.41, 5.74) is 5.76. The molecule has 16 nitrogen and oxygen atoms in total. The number of piperidine rings is 1. The molecule has 42 heavy (non-hydrogen) atoms. The second-order valence-electron chi connectivity index (χ2n) is 10.6. The normalized spacial score (nSPS) is 20.4. The van der Waals surface area contributed by atoms with Gasteiger partial charge in [0.05, 0.1) is 25.8 Å². The summed E-state index contributed by atoms with van der Waals surface area (Å²) in [5, 5.41) is 13.2. The lowest BCUT2D eigenvalue weighted by molar-refractivity contribution is -0.136. The van der Waals surface area contributed by atoms with Gasteiger partial charge in [0.15, 0.2) is 5.96 Å². The molecule has 3 amide bonds. The molecule has 3 aliphatic rings. The number of amides is 3. The van der Waals surface area contributed by atoms with Crippen molar-refractivity contribution >= 4 is 33.9 Å². The van der Waals surface area contributed by atoms with Gasteiger partial charge in [-0.05, 0) is 31.6 Å². The summed E-state index contributed by atoms with van der Waals surface area (Å²) >= 11 is 0. The van der Waals surface area contributed by atoms with Crippen molar-refractivity contribution in [1.29, 1.82) is 5.41 Å². The minimum Gasteiger partial charge on any atom is -0.379 e. The summed E-state index contributed by atoms with van der Waals surface area (Å²) in [5.74, 6) is -1.38. The highest BCUT2D eigenvalue weighted by molar-refractivity contribution is 7.87. The zero-order chi connectivity index (χ0) is 30.1. The maximum atomic E-state index is 13.8. The number of nitrogens with zero attached hydrogens (tertiary/aromatic N) is 5. The number of morpholine rings is 1. The van der Waals surface area contributed by atoms with Crippen molar-refractivity contribution in [2.45, 2.75) is 44.2 Å². The van der Waals surface area contributed by atoms with Crippen molar-refractivity contribution in [2.75, 3.05) is 59.0 Å². The van der Waals surface area contributed by atoms with Crippen molar-refractivity contribution < 1.29 is 27.5 Å². The SMILES string of the molecule is N=C(N)N1CCC[C@@H](CNC(=O)C[C@H](NS(=O)(=O)N2CCOCC2)C(=O)N(CCNC(=O)c2cnccn2)C2CC2)C1. The molecule has 6 N–H and O–H groups in total. The fourth-order valence-electron chi connectivity index (χ4n) is 5.04. The largest absolute Gasteiger partial charge is 0.379 e. The number of hydrogen-bond acceptors (Lipinski definition) is 9. The molecule has 1 aliphatic carbocycles. The molecule has 2 saturated heterocycles. The molecular weight excluding hydrogens is 568 g/mol. The topological polar surface area (TPSA) is 216 Å². The third kappa shape index (κ3) is 9.04. The fourth-order valence-corrected chi connectivity index (χ4v) is 6.37. The molecule has 232 valence electrons. The smallest absolute Gasteiger partial charge is 0.280 e. The molecule has 1 saturated carbocycles. The predicted molar refractivity (Wildman–Crippen MR) is 151 cm³/mol. The van der Waals surface area contributed by atoms with Gasteiger partial charge in [-0.3, -0.25) is 24.8 Å². The highest BCUT2D eigenvalue weighted by Crippen LogP contribution is 2.27. The van der Waals surface area contributed by atoms with Crippen LogP contribution in [0.1, 0.15) is 42.6 Å². The van der Waals surface area contributed by atoms with Crippen LogP contribution in [0.15, 0.2) is 18.6 Å². The number of nitrogens with one attached hydrogen (secondary N) is 4. The maximum Gasteiger partial charge on any atom is 0.280 e. The van der Waals surface area contributed by atoms with Crippen molar-refractivity contribution in [3.63, 3.8) is 0 Å². The van der Waals surface area contributed by atoms with E-state index < -0.39 is 34.0 Å². The van der Waals surface area contributed by atoms with Crippen LogP contribution in [-0.4, -0.2) is 127 Å². The first-order valence-corrected chi connectivity index (χ1v) is 15.6. The Kier molecular flexibility index (Phi) is 11.0. The highest BCUT2D eigenvalue weighted by Gasteiger charge is 2.39. The third-order valence-electron chi connectivity index (χ3n) is 7.44. The van der Waals surface area contributed by atoms with E-state index >= 15 is 0 Å². The molecule has 0 bridgehead atoms. The number of likely N-dealkylation sites (tertiary alicyclic amines) is 1. The van der Waals surface area contributed by atoms with Crippen molar-refractivity contribution in [1.82, 2.24) is 39.4 Å². The standard InChI is InChI=1S/C25H40N10O6S/c26-25(27)33-8-1-2-18(17-33)15-31-22(36)14-20(32-42(39,40)34-10-12-41-13-11-34)24(38)35(19-3-4-19)9-7-30-23(37)21-16-28-5-6-29-21/h5-6,16,18-20,32H,1-4,7-15,17H2,(H3,26,27)(H,30,37)(H,31,36)/t18-,20-/m0/s1.